The van der Waals surface area contributed by atoms with Crippen molar-refractivity contribution in [2.45, 2.75) is 58.8 Å². The molecule has 10 rings (SSSR count). The molecule has 1 nitrogen and oxygen atoms in total. The molecular formula is C55H47NS. The highest BCUT2D eigenvalue weighted by atomic mass is 32.1. The minimum atomic E-state index is -0.0668. The van der Waals surface area contributed by atoms with Crippen molar-refractivity contribution in [2.75, 3.05) is 4.90 Å². The van der Waals surface area contributed by atoms with Crippen LogP contribution in [0, 0.1) is 6.92 Å². The fraction of sp³-hybridized carbons (Fsp3) is 0.164. The van der Waals surface area contributed by atoms with Gasteiger partial charge in [-0.3, -0.25) is 0 Å². The Kier molecular flexibility index (Phi) is 8.84. The maximum Gasteiger partial charge on any atom is 0.0543 e. The first-order valence-corrected chi connectivity index (χ1v) is 21.4. The van der Waals surface area contributed by atoms with Crippen LogP contribution < -0.4 is 4.90 Å². The largest absolute Gasteiger partial charge is 0.310 e. The molecule has 2 heteroatoms. The van der Waals surface area contributed by atoms with Crippen molar-refractivity contribution in [3.63, 3.8) is 0 Å². The van der Waals surface area contributed by atoms with E-state index in [9.17, 15) is 0 Å². The lowest BCUT2D eigenvalue weighted by Crippen LogP contribution is -2.18. The zero-order chi connectivity index (χ0) is 38.7. The summed E-state index contributed by atoms with van der Waals surface area (Å²) >= 11 is 1.87. The number of anilines is 3. The first-order chi connectivity index (χ1) is 27.9. The van der Waals surface area contributed by atoms with Crippen LogP contribution in [0.5, 0.6) is 0 Å². The third-order valence-corrected chi connectivity index (χ3v) is 13.7. The lowest BCUT2D eigenvalue weighted by Gasteiger charge is -2.31. The molecule has 0 aliphatic heterocycles. The molecule has 0 radical (unpaired) electrons. The van der Waals surface area contributed by atoms with E-state index in [1.807, 2.05) is 11.3 Å². The van der Waals surface area contributed by atoms with E-state index in [4.69, 9.17) is 0 Å². The van der Waals surface area contributed by atoms with Crippen LogP contribution in [-0.4, -0.2) is 0 Å². The Morgan fingerprint density at radius 3 is 2.18 bits per heavy atom. The minimum Gasteiger partial charge on any atom is -0.310 e. The molecule has 0 atom stereocenters. The van der Waals surface area contributed by atoms with Crippen molar-refractivity contribution < 1.29 is 0 Å². The van der Waals surface area contributed by atoms with Crippen LogP contribution in [-0.2, 0) is 11.8 Å². The molecule has 0 bridgehead atoms. The highest BCUT2D eigenvalue weighted by molar-refractivity contribution is 7.25. The van der Waals surface area contributed by atoms with Gasteiger partial charge in [-0.25, -0.2) is 0 Å². The number of hydrogen-bond donors (Lipinski definition) is 0. The van der Waals surface area contributed by atoms with Crippen molar-refractivity contribution in [3.05, 3.63) is 192 Å². The third kappa shape index (κ3) is 5.97. The second-order valence-corrected chi connectivity index (χ2v) is 17.4. The predicted molar refractivity (Wildman–Crippen MR) is 247 cm³/mol. The average Bonchev–Trinajstić information content (AvgIpc) is 3.73. The fourth-order valence-corrected chi connectivity index (χ4v) is 10.8. The second kappa shape index (κ2) is 14.2. The Morgan fingerprint density at radius 1 is 0.614 bits per heavy atom. The Balaban J connectivity index is 1.16. The van der Waals surface area contributed by atoms with Gasteiger partial charge in [0.15, 0.2) is 0 Å². The molecule has 0 saturated carbocycles. The topological polar surface area (TPSA) is 3.24 Å². The Hall–Kier alpha value is -5.96. The van der Waals surface area contributed by atoms with Gasteiger partial charge in [0.1, 0.15) is 0 Å². The standard InChI is InChI=1S/C55H47NS/c1-5-15-38-16-9-10-19-44(38)43-31-32-51(54(36(43)2)39-17-7-6-8-18-39)56(42-29-30-46-45-20-11-13-22-49(45)55(3,4)50(46)35-42)41-27-24-37(25-28-41)40-26-33-53-48(34-40)47-21-12-14-23-52(47)57-53/h6-10,12-14,16-19,21-35H,5,11,15,20H2,1-4H3. The molecular weight excluding hydrogens is 707 g/mol. The van der Waals surface area contributed by atoms with Crippen molar-refractivity contribution in [1.29, 1.82) is 0 Å². The number of fused-ring (bicyclic) bond motifs is 5. The minimum absolute atomic E-state index is 0.0668. The highest BCUT2D eigenvalue weighted by Gasteiger charge is 2.37. The Morgan fingerprint density at radius 2 is 1.33 bits per heavy atom. The van der Waals surface area contributed by atoms with Gasteiger partial charge in [-0.1, -0.05) is 142 Å². The summed E-state index contributed by atoms with van der Waals surface area (Å²) < 4.78 is 2.67. The van der Waals surface area contributed by atoms with Gasteiger partial charge in [-0.05, 0) is 136 Å². The van der Waals surface area contributed by atoms with Crippen LogP contribution in [0.25, 0.3) is 59.1 Å². The van der Waals surface area contributed by atoms with Crippen LogP contribution in [0.3, 0.4) is 0 Å². The van der Waals surface area contributed by atoms with Crippen molar-refractivity contribution in [1.82, 2.24) is 0 Å². The average molecular weight is 754 g/mol. The van der Waals surface area contributed by atoms with E-state index >= 15 is 0 Å². The molecule has 0 unspecified atom stereocenters. The molecule has 0 amide bonds. The molecule has 0 fully saturated rings. The summed E-state index contributed by atoms with van der Waals surface area (Å²) in [5.74, 6) is 0. The molecule has 1 heterocycles. The van der Waals surface area contributed by atoms with Crippen molar-refractivity contribution >= 4 is 54.1 Å². The molecule has 7 aromatic carbocycles. The highest BCUT2D eigenvalue weighted by Crippen LogP contribution is 2.53. The summed E-state index contributed by atoms with van der Waals surface area (Å²) in [6, 6.07) is 57.0. The van der Waals surface area contributed by atoms with Crippen LogP contribution in [0.2, 0.25) is 0 Å². The van der Waals surface area contributed by atoms with Crippen LogP contribution in [0.4, 0.5) is 17.1 Å². The van der Waals surface area contributed by atoms with E-state index in [-0.39, 0.29) is 5.41 Å². The fourth-order valence-electron chi connectivity index (χ4n) is 9.68. The van der Waals surface area contributed by atoms with Gasteiger partial charge in [-0.2, -0.15) is 0 Å². The van der Waals surface area contributed by atoms with E-state index in [1.54, 1.807) is 0 Å². The number of hydrogen-bond acceptors (Lipinski definition) is 2. The lowest BCUT2D eigenvalue weighted by molar-refractivity contribution is 0.651. The molecule has 2 aliphatic carbocycles. The van der Waals surface area contributed by atoms with Gasteiger partial charge < -0.3 is 4.90 Å². The predicted octanol–water partition coefficient (Wildman–Crippen LogP) is 16.2. The first kappa shape index (κ1) is 35.5. The van der Waals surface area contributed by atoms with E-state index in [0.717, 1.165) is 31.4 Å². The van der Waals surface area contributed by atoms with E-state index in [2.05, 4.69) is 196 Å². The molecule has 278 valence electrons. The van der Waals surface area contributed by atoms with Crippen LogP contribution in [0.1, 0.15) is 62.3 Å². The van der Waals surface area contributed by atoms with E-state index in [1.165, 1.54) is 98.3 Å². The maximum atomic E-state index is 2.51. The van der Waals surface area contributed by atoms with Crippen molar-refractivity contribution in [2.24, 2.45) is 0 Å². The number of aryl methyl sites for hydroxylation is 1. The van der Waals surface area contributed by atoms with Gasteiger partial charge in [0.05, 0.1) is 5.69 Å². The molecule has 0 saturated heterocycles. The quantitative estimate of drug-likeness (QED) is 0.149. The molecule has 2 aliphatic rings. The van der Waals surface area contributed by atoms with Gasteiger partial charge >= 0.3 is 0 Å². The summed E-state index contributed by atoms with van der Waals surface area (Å²) in [4.78, 5) is 2.51. The van der Waals surface area contributed by atoms with Gasteiger partial charge in [0.25, 0.3) is 0 Å². The van der Waals surface area contributed by atoms with Crippen LogP contribution >= 0.6 is 11.3 Å². The third-order valence-electron chi connectivity index (χ3n) is 12.5. The normalized spacial score (nSPS) is 14.3. The number of benzene rings is 7. The Labute approximate surface area is 341 Å². The molecule has 0 N–H and O–H groups in total. The van der Waals surface area contributed by atoms with Crippen molar-refractivity contribution in [3.8, 4) is 33.4 Å². The number of nitrogens with zero attached hydrogens (tertiary/aromatic N) is 1. The summed E-state index contributed by atoms with van der Waals surface area (Å²) in [6.07, 6.45) is 9.13. The number of rotatable bonds is 8. The second-order valence-electron chi connectivity index (χ2n) is 16.3. The molecule has 0 spiro atoms. The summed E-state index contributed by atoms with van der Waals surface area (Å²) in [5.41, 5.74) is 19.5. The monoisotopic (exact) mass is 753 g/mol. The van der Waals surface area contributed by atoms with E-state index in [0.29, 0.717) is 0 Å². The first-order valence-electron chi connectivity index (χ1n) is 20.5. The maximum absolute atomic E-state index is 2.51. The lowest BCUT2D eigenvalue weighted by atomic mass is 9.80. The zero-order valence-electron chi connectivity index (χ0n) is 33.3. The Bertz CT molecular complexity index is 2880. The van der Waals surface area contributed by atoms with E-state index < -0.39 is 0 Å². The van der Waals surface area contributed by atoms with Crippen LogP contribution in [0.15, 0.2) is 169 Å². The summed E-state index contributed by atoms with van der Waals surface area (Å²) in [7, 11) is 0. The summed E-state index contributed by atoms with van der Waals surface area (Å²) in [5, 5.41) is 2.66. The summed E-state index contributed by atoms with van der Waals surface area (Å²) in [6.45, 7) is 9.41. The van der Waals surface area contributed by atoms with Gasteiger partial charge in [-0.15, -0.1) is 11.3 Å². The number of thiophene rings is 1. The SMILES string of the molecule is CCCc1ccccc1-c1ccc(N(c2ccc(-c3ccc4sc5ccccc5c4c3)cc2)c2ccc3c(c2)C(C)(C)C2=C3CCC=C2)c(-c2ccccc2)c1C. The van der Waals surface area contributed by atoms with Gasteiger partial charge in [0.2, 0.25) is 0 Å². The molecule has 8 aromatic rings. The molecule has 57 heavy (non-hydrogen) atoms. The van der Waals surface area contributed by atoms with Gasteiger partial charge in [0, 0.05) is 42.5 Å². The smallest absolute Gasteiger partial charge is 0.0543 e. The molecule has 1 aromatic heterocycles. The number of allylic oxidation sites excluding steroid dienone is 4. The zero-order valence-corrected chi connectivity index (χ0v) is 34.1.